The van der Waals surface area contributed by atoms with Gasteiger partial charge in [-0.3, -0.25) is 10.1 Å². The number of methoxy groups -OCH3 is 1. The zero-order valence-corrected chi connectivity index (χ0v) is 8.99. The molecule has 0 saturated carbocycles. The molecule has 8 nitrogen and oxygen atoms in total. The third-order valence-corrected chi connectivity index (χ3v) is 1.86. The lowest BCUT2D eigenvalue weighted by Gasteiger charge is -2.09. The fraction of sp³-hybridized carbons (Fsp3) is 0.222. The summed E-state index contributed by atoms with van der Waals surface area (Å²) in [5.74, 6) is 0.347. The lowest BCUT2D eigenvalue weighted by Crippen LogP contribution is -2.21. The Labute approximate surface area is 96.4 Å². The van der Waals surface area contributed by atoms with Gasteiger partial charge in [-0.15, -0.1) is 0 Å². The maximum atomic E-state index is 10.5. The van der Waals surface area contributed by atoms with Crippen molar-refractivity contribution in [3.05, 3.63) is 28.3 Å². The first kappa shape index (κ1) is 12.6. The van der Waals surface area contributed by atoms with Gasteiger partial charge in [0.25, 0.3) is 5.69 Å². The molecule has 1 rings (SSSR count). The molecule has 1 aromatic carbocycles. The Morgan fingerprint density at radius 2 is 2.29 bits per heavy atom. The smallest absolute Gasteiger partial charge is 0.273 e. The van der Waals surface area contributed by atoms with Gasteiger partial charge in [-0.1, -0.05) is 5.16 Å². The maximum absolute atomic E-state index is 10.5. The number of amidine groups is 1. The number of nitrogens with zero attached hydrogens (tertiary/aromatic N) is 2. The summed E-state index contributed by atoms with van der Waals surface area (Å²) in [5.41, 5.74) is 5.10. The highest BCUT2D eigenvalue weighted by atomic mass is 16.6. The van der Waals surface area contributed by atoms with Gasteiger partial charge in [0.2, 0.25) is 0 Å². The van der Waals surface area contributed by atoms with Gasteiger partial charge < -0.3 is 20.4 Å². The van der Waals surface area contributed by atoms with Gasteiger partial charge in [0.05, 0.1) is 18.1 Å². The van der Waals surface area contributed by atoms with Gasteiger partial charge in [0, 0.05) is 6.07 Å². The number of rotatable bonds is 5. The summed E-state index contributed by atoms with van der Waals surface area (Å²) in [5, 5.41) is 21.6. The van der Waals surface area contributed by atoms with E-state index in [9.17, 15) is 10.1 Å². The normalized spacial score (nSPS) is 11.0. The van der Waals surface area contributed by atoms with E-state index in [1.807, 2.05) is 0 Å². The molecule has 0 aromatic heterocycles. The summed E-state index contributed by atoms with van der Waals surface area (Å²) in [6.45, 7) is -0.148. The molecule has 0 aliphatic heterocycles. The van der Waals surface area contributed by atoms with Crippen molar-refractivity contribution in [3.63, 3.8) is 0 Å². The van der Waals surface area contributed by atoms with Crippen LogP contribution in [0.15, 0.2) is 23.4 Å². The van der Waals surface area contributed by atoms with Crippen molar-refractivity contribution in [1.82, 2.24) is 0 Å². The highest BCUT2D eigenvalue weighted by molar-refractivity contribution is 5.81. The topological polar surface area (TPSA) is 120 Å². The van der Waals surface area contributed by atoms with Gasteiger partial charge in [-0.25, -0.2) is 0 Å². The van der Waals surface area contributed by atoms with Crippen molar-refractivity contribution < 1.29 is 19.6 Å². The largest absolute Gasteiger partial charge is 0.493 e. The Kier molecular flexibility index (Phi) is 4.09. The Bertz CT molecular complexity index is 446. The van der Waals surface area contributed by atoms with Crippen LogP contribution >= 0.6 is 0 Å². The predicted octanol–water partition coefficient (Wildman–Crippen LogP) is 0.729. The van der Waals surface area contributed by atoms with E-state index >= 15 is 0 Å². The molecule has 8 heteroatoms. The number of nitro benzene ring substituents is 1. The summed E-state index contributed by atoms with van der Waals surface area (Å²) < 4.78 is 10.1. The van der Waals surface area contributed by atoms with E-state index in [1.54, 1.807) is 0 Å². The van der Waals surface area contributed by atoms with E-state index in [1.165, 1.54) is 25.3 Å². The van der Waals surface area contributed by atoms with E-state index < -0.39 is 4.92 Å². The fourth-order valence-corrected chi connectivity index (χ4v) is 1.07. The molecule has 92 valence electrons. The van der Waals surface area contributed by atoms with Crippen LogP contribution in [0.4, 0.5) is 5.69 Å². The van der Waals surface area contributed by atoms with Crippen molar-refractivity contribution >= 4 is 11.5 Å². The van der Waals surface area contributed by atoms with E-state index in [2.05, 4.69) is 5.16 Å². The van der Waals surface area contributed by atoms with Crippen molar-refractivity contribution in [2.75, 3.05) is 13.7 Å². The Hall–Kier alpha value is -2.51. The highest BCUT2D eigenvalue weighted by Gasteiger charge is 2.12. The molecule has 0 aliphatic carbocycles. The molecule has 17 heavy (non-hydrogen) atoms. The Morgan fingerprint density at radius 3 is 2.82 bits per heavy atom. The second-order valence-electron chi connectivity index (χ2n) is 2.97. The van der Waals surface area contributed by atoms with Crippen LogP contribution in [-0.2, 0) is 0 Å². The standard InChI is InChI=1S/C9H11N3O5/c1-16-8-4-6(12(14)15)2-3-7(8)17-5-9(10)11-13/h2-4,13H,5H2,1H3,(H2,10,11). The van der Waals surface area contributed by atoms with Crippen LogP contribution in [-0.4, -0.2) is 29.7 Å². The number of benzene rings is 1. The van der Waals surface area contributed by atoms with E-state index in [0.29, 0.717) is 0 Å². The first-order chi connectivity index (χ1) is 8.08. The first-order valence-corrected chi connectivity index (χ1v) is 4.50. The van der Waals surface area contributed by atoms with Crippen molar-refractivity contribution in [2.45, 2.75) is 0 Å². The van der Waals surface area contributed by atoms with Crippen molar-refractivity contribution in [2.24, 2.45) is 10.9 Å². The molecule has 0 aliphatic rings. The van der Waals surface area contributed by atoms with Crippen LogP contribution in [0.3, 0.4) is 0 Å². The quantitative estimate of drug-likeness (QED) is 0.258. The Balaban J connectivity index is 2.89. The zero-order valence-electron chi connectivity index (χ0n) is 8.99. The lowest BCUT2D eigenvalue weighted by molar-refractivity contribution is -0.384. The van der Waals surface area contributed by atoms with Crippen LogP contribution in [0.25, 0.3) is 0 Å². The van der Waals surface area contributed by atoms with Gasteiger partial charge in [0.1, 0.15) is 6.61 Å². The molecule has 0 amide bonds. The van der Waals surface area contributed by atoms with Crippen LogP contribution in [0.2, 0.25) is 0 Å². The minimum atomic E-state index is -0.546. The number of hydrogen-bond acceptors (Lipinski definition) is 6. The summed E-state index contributed by atoms with van der Waals surface area (Å²) in [6.07, 6.45) is 0. The molecule has 0 saturated heterocycles. The summed E-state index contributed by atoms with van der Waals surface area (Å²) >= 11 is 0. The monoisotopic (exact) mass is 241 g/mol. The van der Waals surface area contributed by atoms with Gasteiger partial charge in [-0.05, 0) is 6.07 Å². The van der Waals surface area contributed by atoms with Crippen molar-refractivity contribution in [3.8, 4) is 11.5 Å². The number of nitro groups is 1. The second kappa shape index (κ2) is 5.54. The third-order valence-electron chi connectivity index (χ3n) is 1.86. The molecular formula is C9H11N3O5. The van der Waals surface area contributed by atoms with E-state index in [4.69, 9.17) is 20.4 Å². The van der Waals surface area contributed by atoms with Gasteiger partial charge >= 0.3 is 0 Å². The summed E-state index contributed by atoms with van der Waals surface area (Å²) in [6, 6.07) is 3.87. The number of oxime groups is 1. The average molecular weight is 241 g/mol. The van der Waals surface area contributed by atoms with E-state index in [-0.39, 0.29) is 29.6 Å². The molecule has 0 heterocycles. The lowest BCUT2D eigenvalue weighted by atomic mass is 10.3. The van der Waals surface area contributed by atoms with Crippen molar-refractivity contribution in [1.29, 1.82) is 0 Å². The summed E-state index contributed by atoms with van der Waals surface area (Å²) in [7, 11) is 1.36. The number of ether oxygens (including phenoxy) is 2. The molecule has 0 fully saturated rings. The average Bonchev–Trinajstić information content (AvgIpc) is 2.35. The molecule has 0 atom stereocenters. The van der Waals surface area contributed by atoms with Gasteiger partial charge in [0.15, 0.2) is 17.3 Å². The summed E-state index contributed by atoms with van der Waals surface area (Å²) in [4.78, 5) is 9.98. The molecule has 0 radical (unpaired) electrons. The predicted molar refractivity (Wildman–Crippen MR) is 58.6 cm³/mol. The van der Waals surface area contributed by atoms with Crippen LogP contribution < -0.4 is 15.2 Å². The molecule has 3 N–H and O–H groups in total. The highest BCUT2D eigenvalue weighted by Crippen LogP contribution is 2.30. The second-order valence-corrected chi connectivity index (χ2v) is 2.97. The molecule has 1 aromatic rings. The number of hydrogen-bond donors (Lipinski definition) is 2. The van der Waals surface area contributed by atoms with Crippen LogP contribution in [0.1, 0.15) is 0 Å². The molecule has 0 spiro atoms. The minimum absolute atomic E-state index is 0.113. The SMILES string of the molecule is COc1cc([N+](=O)[O-])ccc1OCC(N)=NO. The maximum Gasteiger partial charge on any atom is 0.273 e. The minimum Gasteiger partial charge on any atom is -0.493 e. The van der Waals surface area contributed by atoms with Crippen LogP contribution in [0.5, 0.6) is 11.5 Å². The van der Waals surface area contributed by atoms with Crippen LogP contribution in [0, 0.1) is 10.1 Å². The number of non-ortho nitro benzene ring substituents is 1. The zero-order chi connectivity index (χ0) is 12.8. The van der Waals surface area contributed by atoms with E-state index in [0.717, 1.165) is 0 Å². The Morgan fingerprint density at radius 1 is 1.59 bits per heavy atom. The number of nitrogens with two attached hydrogens (primary N) is 1. The first-order valence-electron chi connectivity index (χ1n) is 4.50. The van der Waals surface area contributed by atoms with Gasteiger partial charge in [-0.2, -0.15) is 0 Å². The fourth-order valence-electron chi connectivity index (χ4n) is 1.07. The third kappa shape index (κ3) is 3.23. The molecular weight excluding hydrogens is 230 g/mol. The molecule has 0 bridgehead atoms. The molecule has 0 unspecified atom stereocenters.